The van der Waals surface area contributed by atoms with Crippen LogP contribution in [0.2, 0.25) is 0 Å². The van der Waals surface area contributed by atoms with Gasteiger partial charge in [-0.2, -0.15) is 0 Å². The minimum absolute atomic E-state index is 1.02. The Morgan fingerprint density at radius 3 is 2.12 bits per heavy atom. The van der Waals surface area contributed by atoms with Gasteiger partial charge in [-0.05, 0) is 6.92 Å². The maximum atomic E-state index is 11.8. The van der Waals surface area contributed by atoms with Crippen LogP contribution in [-0.2, 0) is 0 Å². The van der Waals surface area contributed by atoms with E-state index in [0.29, 0.717) is 0 Å². The summed E-state index contributed by atoms with van der Waals surface area (Å²) < 4.78 is 34.6. The van der Waals surface area contributed by atoms with Crippen molar-refractivity contribution in [2.45, 2.75) is 19.4 Å². The zero-order valence-electron chi connectivity index (χ0n) is 4.50. The molecule has 0 aliphatic rings. The van der Waals surface area contributed by atoms with Crippen molar-refractivity contribution in [3.05, 3.63) is 0 Å². The summed E-state index contributed by atoms with van der Waals surface area (Å²) in [5.74, 6) is 0. The Labute approximate surface area is 45.9 Å². The molecule has 50 valence electrons. The van der Waals surface area contributed by atoms with Gasteiger partial charge in [-0.15, -0.1) is 0 Å². The van der Waals surface area contributed by atoms with Crippen molar-refractivity contribution in [3.8, 4) is 0 Å². The Hall–Kier alpha value is -0.250. The molecule has 0 bridgehead atoms. The smallest absolute Gasteiger partial charge is 0.184 e. The largest absolute Gasteiger partial charge is 0.258 e. The van der Waals surface area contributed by atoms with Gasteiger partial charge in [0, 0.05) is 0 Å². The highest BCUT2D eigenvalue weighted by molar-refractivity contribution is 4.56. The summed E-state index contributed by atoms with van der Waals surface area (Å²) in [5, 5.41) is 1.64. The third-order valence-corrected chi connectivity index (χ3v) is 0.675. The summed E-state index contributed by atoms with van der Waals surface area (Å²) in [5.41, 5.74) is 0. The van der Waals surface area contributed by atoms with Crippen LogP contribution in [0, 0.1) is 0 Å². The summed E-state index contributed by atoms with van der Waals surface area (Å²) in [4.78, 5) is 0. The SMILES string of the molecule is CC(F)[C@@H](F)NCF. The molecule has 0 aromatic rings. The first-order valence-electron chi connectivity index (χ1n) is 2.26. The minimum Gasteiger partial charge on any atom is -0.258 e. The standard InChI is InChI=1S/C4H8F3N/c1-3(6)4(7)8-2-5/h3-4,8H,2H2,1H3/t3?,4-/m0/s1. The number of hydrogen-bond acceptors (Lipinski definition) is 1. The molecule has 8 heavy (non-hydrogen) atoms. The van der Waals surface area contributed by atoms with Crippen molar-refractivity contribution >= 4 is 0 Å². The third-order valence-electron chi connectivity index (χ3n) is 0.675. The second-order valence-electron chi connectivity index (χ2n) is 1.42. The summed E-state index contributed by atoms with van der Waals surface area (Å²) in [7, 11) is 0. The lowest BCUT2D eigenvalue weighted by atomic mass is 10.4. The van der Waals surface area contributed by atoms with Crippen molar-refractivity contribution in [1.82, 2.24) is 5.32 Å². The van der Waals surface area contributed by atoms with E-state index >= 15 is 0 Å². The summed E-state index contributed by atoms with van der Waals surface area (Å²) in [6.07, 6.45) is -3.52. The van der Waals surface area contributed by atoms with E-state index in [-0.39, 0.29) is 0 Å². The van der Waals surface area contributed by atoms with Gasteiger partial charge in [0.05, 0.1) is 0 Å². The maximum absolute atomic E-state index is 11.8. The van der Waals surface area contributed by atoms with Crippen LogP contribution in [0.25, 0.3) is 0 Å². The Morgan fingerprint density at radius 1 is 1.50 bits per heavy atom. The Bertz CT molecular complexity index is 57.2. The highest BCUT2D eigenvalue weighted by Gasteiger charge is 2.12. The predicted molar refractivity (Wildman–Crippen MR) is 24.6 cm³/mol. The maximum Gasteiger partial charge on any atom is 0.184 e. The topological polar surface area (TPSA) is 12.0 Å². The summed E-state index contributed by atoms with van der Waals surface area (Å²) >= 11 is 0. The van der Waals surface area contributed by atoms with Crippen LogP contribution in [0.1, 0.15) is 6.92 Å². The normalized spacial score (nSPS) is 18.0. The molecular weight excluding hydrogens is 119 g/mol. The number of rotatable bonds is 3. The van der Waals surface area contributed by atoms with E-state index in [9.17, 15) is 13.2 Å². The molecule has 4 heteroatoms. The second kappa shape index (κ2) is 3.72. The molecule has 1 unspecified atom stereocenters. The van der Waals surface area contributed by atoms with Crippen molar-refractivity contribution in [2.75, 3.05) is 6.80 Å². The molecule has 0 aliphatic heterocycles. The number of halogens is 3. The molecule has 0 saturated carbocycles. The predicted octanol–water partition coefficient (Wildman–Crippen LogP) is 1.16. The summed E-state index contributed by atoms with van der Waals surface area (Å²) in [6.45, 7) is -0.0112. The van der Waals surface area contributed by atoms with E-state index < -0.39 is 19.3 Å². The number of nitrogens with one attached hydrogen (secondary N) is 1. The van der Waals surface area contributed by atoms with E-state index in [0.717, 1.165) is 6.92 Å². The van der Waals surface area contributed by atoms with Gasteiger partial charge in [0.2, 0.25) is 0 Å². The van der Waals surface area contributed by atoms with Gasteiger partial charge in [0.25, 0.3) is 0 Å². The van der Waals surface area contributed by atoms with E-state index in [4.69, 9.17) is 0 Å². The van der Waals surface area contributed by atoms with Crippen LogP contribution in [0.4, 0.5) is 13.2 Å². The Balaban J connectivity index is 3.17. The first kappa shape index (κ1) is 7.75. The molecular formula is C4H8F3N. The van der Waals surface area contributed by atoms with E-state index in [2.05, 4.69) is 0 Å². The molecule has 0 saturated heterocycles. The van der Waals surface area contributed by atoms with Crippen LogP contribution >= 0.6 is 0 Å². The van der Waals surface area contributed by atoms with Crippen molar-refractivity contribution in [3.63, 3.8) is 0 Å². The molecule has 0 aromatic heterocycles. The molecule has 1 nitrogen and oxygen atoms in total. The molecule has 0 fully saturated rings. The van der Waals surface area contributed by atoms with Gasteiger partial charge in [-0.25, -0.2) is 13.2 Å². The quantitative estimate of drug-likeness (QED) is 0.561. The first-order chi connectivity index (χ1) is 3.68. The van der Waals surface area contributed by atoms with Gasteiger partial charge in [-0.1, -0.05) is 0 Å². The lowest BCUT2D eigenvalue weighted by Gasteiger charge is -2.06. The average molecular weight is 127 g/mol. The lowest BCUT2D eigenvalue weighted by Crippen LogP contribution is -2.31. The zero-order chi connectivity index (χ0) is 6.57. The van der Waals surface area contributed by atoms with Crippen LogP contribution in [0.5, 0.6) is 0 Å². The molecule has 0 rings (SSSR count). The number of hydrogen-bond donors (Lipinski definition) is 1. The van der Waals surface area contributed by atoms with E-state index in [1.54, 1.807) is 5.32 Å². The monoisotopic (exact) mass is 127 g/mol. The molecule has 0 radical (unpaired) electrons. The molecule has 0 amide bonds. The van der Waals surface area contributed by atoms with E-state index in [1.165, 1.54) is 0 Å². The molecule has 0 aliphatic carbocycles. The Kier molecular flexibility index (Phi) is 3.60. The van der Waals surface area contributed by atoms with Crippen LogP contribution in [0.3, 0.4) is 0 Å². The zero-order valence-corrected chi connectivity index (χ0v) is 4.50. The molecule has 2 atom stereocenters. The molecule has 0 spiro atoms. The highest BCUT2D eigenvalue weighted by Crippen LogP contribution is 1.97. The molecule has 1 N–H and O–H groups in total. The number of alkyl halides is 3. The van der Waals surface area contributed by atoms with Gasteiger partial charge in [0.15, 0.2) is 6.30 Å². The first-order valence-corrected chi connectivity index (χ1v) is 2.26. The minimum atomic E-state index is -1.88. The van der Waals surface area contributed by atoms with Crippen LogP contribution < -0.4 is 5.32 Å². The van der Waals surface area contributed by atoms with Gasteiger partial charge >= 0.3 is 0 Å². The highest BCUT2D eigenvalue weighted by atomic mass is 19.2. The van der Waals surface area contributed by atoms with Crippen molar-refractivity contribution in [2.24, 2.45) is 0 Å². The van der Waals surface area contributed by atoms with Crippen molar-refractivity contribution in [1.29, 1.82) is 0 Å². The second-order valence-corrected chi connectivity index (χ2v) is 1.42. The van der Waals surface area contributed by atoms with Crippen LogP contribution in [0.15, 0.2) is 0 Å². The van der Waals surface area contributed by atoms with Crippen LogP contribution in [-0.4, -0.2) is 19.3 Å². The van der Waals surface area contributed by atoms with Gasteiger partial charge in [0.1, 0.15) is 13.0 Å². The summed E-state index contributed by atoms with van der Waals surface area (Å²) in [6, 6.07) is 0. The average Bonchev–Trinajstić information content (AvgIpc) is 1.67. The fourth-order valence-electron chi connectivity index (χ4n) is 0.236. The van der Waals surface area contributed by atoms with Crippen molar-refractivity contribution < 1.29 is 13.2 Å². The third kappa shape index (κ3) is 2.85. The fraction of sp³-hybridized carbons (Fsp3) is 1.00. The lowest BCUT2D eigenvalue weighted by molar-refractivity contribution is 0.133. The van der Waals surface area contributed by atoms with Gasteiger partial charge in [-0.3, -0.25) is 5.32 Å². The fourth-order valence-corrected chi connectivity index (χ4v) is 0.236. The molecule has 0 aromatic carbocycles. The van der Waals surface area contributed by atoms with Gasteiger partial charge < -0.3 is 0 Å². The van der Waals surface area contributed by atoms with E-state index in [1.807, 2.05) is 0 Å². The molecule has 0 heterocycles. The Morgan fingerprint density at radius 2 is 2.00 bits per heavy atom.